The number of hydrogen-bond acceptors (Lipinski definition) is 5. The van der Waals surface area contributed by atoms with Crippen molar-refractivity contribution < 1.29 is 13.5 Å². The van der Waals surface area contributed by atoms with Crippen LogP contribution in [0.2, 0.25) is 0 Å². The first kappa shape index (κ1) is 18.4. The van der Waals surface area contributed by atoms with Gasteiger partial charge in [0.1, 0.15) is 0 Å². The van der Waals surface area contributed by atoms with Gasteiger partial charge in [0, 0.05) is 17.8 Å². The van der Waals surface area contributed by atoms with Crippen LogP contribution in [0.15, 0.2) is 0 Å². The highest BCUT2D eigenvalue weighted by molar-refractivity contribution is 7.91. The van der Waals surface area contributed by atoms with E-state index in [1.165, 1.54) is 0 Å². The zero-order chi connectivity index (χ0) is 17.6. The van der Waals surface area contributed by atoms with E-state index in [9.17, 15) is 13.5 Å². The smallest absolute Gasteiger partial charge is 0.154 e. The zero-order valence-corrected chi connectivity index (χ0v) is 15.8. The van der Waals surface area contributed by atoms with Crippen LogP contribution in [0, 0.1) is 13.8 Å². The van der Waals surface area contributed by atoms with E-state index in [2.05, 4.69) is 37.7 Å². The summed E-state index contributed by atoms with van der Waals surface area (Å²) in [6.07, 6.45) is -0.807. The molecule has 0 bridgehead atoms. The molecule has 0 saturated carbocycles. The van der Waals surface area contributed by atoms with Gasteiger partial charge in [0.15, 0.2) is 9.84 Å². The molecule has 2 atom stereocenters. The number of hydrogen-bond donors (Lipinski definition) is 1. The van der Waals surface area contributed by atoms with Gasteiger partial charge >= 0.3 is 0 Å². The Balaban J connectivity index is 2.29. The average Bonchev–Trinajstić information content (AvgIpc) is 2.83. The molecule has 1 fully saturated rings. The third-order valence-electron chi connectivity index (χ3n) is 4.61. The molecule has 0 aliphatic carbocycles. The van der Waals surface area contributed by atoms with Crippen molar-refractivity contribution in [1.29, 1.82) is 0 Å². The molecule has 23 heavy (non-hydrogen) atoms. The minimum Gasteiger partial charge on any atom is -0.390 e. The molecule has 132 valence electrons. The van der Waals surface area contributed by atoms with E-state index >= 15 is 0 Å². The maximum atomic E-state index is 11.8. The predicted molar refractivity (Wildman–Crippen MR) is 91.2 cm³/mol. The van der Waals surface area contributed by atoms with Crippen molar-refractivity contribution in [2.45, 2.75) is 65.8 Å². The van der Waals surface area contributed by atoms with Gasteiger partial charge in [-0.25, -0.2) is 8.42 Å². The van der Waals surface area contributed by atoms with Crippen LogP contribution in [0.25, 0.3) is 0 Å². The third-order valence-corrected chi connectivity index (χ3v) is 6.31. The number of rotatable bonds is 4. The topological polar surface area (TPSA) is 75.4 Å². The van der Waals surface area contributed by atoms with Crippen molar-refractivity contribution in [1.82, 2.24) is 14.7 Å². The van der Waals surface area contributed by atoms with Gasteiger partial charge in [-0.15, -0.1) is 0 Å². The first-order valence-electron chi connectivity index (χ1n) is 8.14. The van der Waals surface area contributed by atoms with Gasteiger partial charge in [0.25, 0.3) is 0 Å². The van der Waals surface area contributed by atoms with E-state index in [0.29, 0.717) is 13.1 Å². The van der Waals surface area contributed by atoms with E-state index in [-0.39, 0.29) is 23.1 Å². The Kier molecular flexibility index (Phi) is 4.95. The highest BCUT2D eigenvalue weighted by atomic mass is 32.2. The minimum atomic E-state index is -3.14. The molecule has 1 aromatic heterocycles. The Labute approximate surface area is 139 Å². The van der Waals surface area contributed by atoms with E-state index in [4.69, 9.17) is 0 Å². The molecule has 0 amide bonds. The maximum Gasteiger partial charge on any atom is 0.154 e. The summed E-state index contributed by atoms with van der Waals surface area (Å²) >= 11 is 0. The summed E-state index contributed by atoms with van der Waals surface area (Å²) in [6.45, 7) is 13.7. The Morgan fingerprint density at radius 3 is 2.30 bits per heavy atom. The molecule has 0 aromatic carbocycles. The van der Waals surface area contributed by atoms with Crippen LogP contribution in [-0.2, 0) is 21.9 Å². The molecule has 1 N–H and O–H groups in total. The fourth-order valence-corrected chi connectivity index (χ4v) is 5.21. The quantitative estimate of drug-likeness (QED) is 0.890. The molecule has 1 aliphatic rings. The molecule has 0 unspecified atom stereocenters. The number of likely N-dealkylation sites (N-methyl/N-ethyl adjacent to an activating group) is 1. The normalized spacial score (nSPS) is 24.5. The van der Waals surface area contributed by atoms with E-state index in [1.807, 2.05) is 18.5 Å². The van der Waals surface area contributed by atoms with Gasteiger partial charge in [-0.2, -0.15) is 5.10 Å². The lowest BCUT2D eigenvalue weighted by molar-refractivity contribution is 0.0815. The monoisotopic (exact) mass is 343 g/mol. The van der Waals surface area contributed by atoms with Crippen molar-refractivity contribution in [3.8, 4) is 0 Å². The summed E-state index contributed by atoms with van der Waals surface area (Å²) in [5.74, 6) is -0.0963. The molecular formula is C16H29N3O3S. The van der Waals surface area contributed by atoms with Gasteiger partial charge < -0.3 is 5.11 Å². The van der Waals surface area contributed by atoms with Gasteiger partial charge in [0.05, 0.1) is 34.9 Å². The summed E-state index contributed by atoms with van der Waals surface area (Å²) in [7, 11) is -3.14. The van der Waals surface area contributed by atoms with Gasteiger partial charge in [-0.05, 0) is 41.2 Å². The SMILES string of the molecule is CCN(Cc1c(C)nn(C(C)(C)C)c1C)[C@H]1CS(=O)(=O)C[C@@H]1O. The average molecular weight is 343 g/mol. The first-order valence-corrected chi connectivity index (χ1v) is 9.96. The Morgan fingerprint density at radius 1 is 1.30 bits per heavy atom. The van der Waals surface area contributed by atoms with E-state index < -0.39 is 15.9 Å². The largest absolute Gasteiger partial charge is 0.390 e. The molecule has 6 nitrogen and oxygen atoms in total. The highest BCUT2D eigenvalue weighted by Gasteiger charge is 2.39. The van der Waals surface area contributed by atoms with Crippen molar-refractivity contribution in [2.75, 3.05) is 18.1 Å². The van der Waals surface area contributed by atoms with E-state index in [1.54, 1.807) is 0 Å². The molecule has 1 saturated heterocycles. The van der Waals surface area contributed by atoms with Crippen molar-refractivity contribution in [2.24, 2.45) is 0 Å². The Bertz CT molecular complexity index is 673. The summed E-state index contributed by atoms with van der Waals surface area (Å²) < 4.78 is 25.6. The molecule has 0 radical (unpaired) electrons. The molecule has 1 aromatic rings. The highest BCUT2D eigenvalue weighted by Crippen LogP contribution is 2.25. The maximum absolute atomic E-state index is 11.8. The van der Waals surface area contributed by atoms with Gasteiger partial charge in [-0.3, -0.25) is 9.58 Å². The van der Waals surface area contributed by atoms with Crippen LogP contribution in [0.3, 0.4) is 0 Å². The second kappa shape index (κ2) is 6.18. The summed E-state index contributed by atoms with van der Waals surface area (Å²) in [5, 5.41) is 14.8. The van der Waals surface area contributed by atoms with Gasteiger partial charge in [0.2, 0.25) is 0 Å². The summed E-state index contributed by atoms with van der Waals surface area (Å²) in [6, 6.07) is -0.332. The number of aliphatic hydroxyl groups is 1. The zero-order valence-electron chi connectivity index (χ0n) is 15.0. The van der Waals surface area contributed by atoms with Crippen LogP contribution >= 0.6 is 0 Å². The summed E-state index contributed by atoms with van der Waals surface area (Å²) in [5.41, 5.74) is 3.09. The lowest BCUT2D eigenvalue weighted by atomic mass is 10.1. The van der Waals surface area contributed by atoms with Crippen molar-refractivity contribution >= 4 is 9.84 Å². The predicted octanol–water partition coefficient (Wildman–Crippen LogP) is 1.23. The molecule has 1 aliphatic heterocycles. The molecular weight excluding hydrogens is 314 g/mol. The van der Waals surface area contributed by atoms with Crippen LogP contribution in [-0.4, -0.2) is 58.4 Å². The van der Waals surface area contributed by atoms with Crippen LogP contribution in [0.5, 0.6) is 0 Å². The number of aromatic nitrogens is 2. The number of aliphatic hydroxyl groups excluding tert-OH is 1. The van der Waals surface area contributed by atoms with Crippen LogP contribution in [0.1, 0.15) is 44.6 Å². The van der Waals surface area contributed by atoms with E-state index in [0.717, 1.165) is 17.0 Å². The lowest BCUT2D eigenvalue weighted by Gasteiger charge is -2.29. The summed E-state index contributed by atoms with van der Waals surface area (Å²) in [4.78, 5) is 2.05. The number of sulfone groups is 1. The first-order chi connectivity index (χ1) is 10.5. The molecule has 7 heteroatoms. The Morgan fingerprint density at radius 2 is 1.91 bits per heavy atom. The fraction of sp³-hybridized carbons (Fsp3) is 0.812. The lowest BCUT2D eigenvalue weighted by Crippen LogP contribution is -2.42. The second-order valence-electron chi connectivity index (χ2n) is 7.51. The van der Waals surface area contributed by atoms with Gasteiger partial charge in [-0.1, -0.05) is 6.92 Å². The molecule has 2 heterocycles. The number of nitrogens with zero attached hydrogens (tertiary/aromatic N) is 3. The van der Waals surface area contributed by atoms with Crippen molar-refractivity contribution in [3.63, 3.8) is 0 Å². The molecule has 2 rings (SSSR count). The van der Waals surface area contributed by atoms with Crippen LogP contribution < -0.4 is 0 Å². The standard InChI is InChI=1S/C16H29N3O3S/c1-7-18(14-9-23(21,22)10-15(14)20)8-13-11(2)17-19(12(13)3)16(4,5)6/h14-15,20H,7-10H2,1-6H3/t14-,15-/m0/s1. The number of aryl methyl sites for hydroxylation is 1. The fourth-order valence-electron chi connectivity index (χ4n) is 3.38. The minimum absolute atomic E-state index is 0.0352. The van der Waals surface area contributed by atoms with Crippen LogP contribution in [0.4, 0.5) is 0 Å². The third kappa shape index (κ3) is 3.78. The molecule has 0 spiro atoms. The Hall–Kier alpha value is -0.920. The van der Waals surface area contributed by atoms with Crippen molar-refractivity contribution in [3.05, 3.63) is 17.0 Å². The second-order valence-corrected chi connectivity index (χ2v) is 9.66.